The highest BCUT2D eigenvalue weighted by atomic mass is 32.2. The summed E-state index contributed by atoms with van der Waals surface area (Å²) in [4.78, 5) is 11.9. The van der Waals surface area contributed by atoms with Crippen LogP contribution in [0.25, 0.3) is 0 Å². The number of hydrogen-bond donors (Lipinski definition) is 3. The van der Waals surface area contributed by atoms with Crippen molar-refractivity contribution in [1.29, 1.82) is 0 Å². The standard InChI is InChI=1S/C14H23N3O3S/c1-5-21(19,20)17-12-7-6-11(8-10(12)4)16-14(18)13(15)9(2)3/h6-9,13,17H,5,15H2,1-4H3,(H,16,18)/t13-/m0/s1. The number of benzene rings is 1. The molecule has 118 valence electrons. The molecule has 0 saturated heterocycles. The topological polar surface area (TPSA) is 101 Å². The maximum Gasteiger partial charge on any atom is 0.241 e. The van der Waals surface area contributed by atoms with E-state index in [0.29, 0.717) is 11.4 Å². The first-order valence-electron chi connectivity index (χ1n) is 6.84. The second-order valence-electron chi connectivity index (χ2n) is 5.29. The summed E-state index contributed by atoms with van der Waals surface area (Å²) in [6.45, 7) is 7.08. The molecule has 7 heteroatoms. The molecule has 21 heavy (non-hydrogen) atoms. The molecule has 1 aromatic carbocycles. The van der Waals surface area contributed by atoms with Crippen LogP contribution in [0.4, 0.5) is 11.4 Å². The summed E-state index contributed by atoms with van der Waals surface area (Å²) in [5, 5.41) is 2.73. The van der Waals surface area contributed by atoms with Crippen LogP contribution in [-0.2, 0) is 14.8 Å². The lowest BCUT2D eigenvalue weighted by Gasteiger charge is -2.16. The summed E-state index contributed by atoms with van der Waals surface area (Å²) in [5.74, 6) is -0.207. The highest BCUT2D eigenvalue weighted by molar-refractivity contribution is 7.92. The number of nitrogens with one attached hydrogen (secondary N) is 2. The SMILES string of the molecule is CCS(=O)(=O)Nc1ccc(NC(=O)[C@@H](N)C(C)C)cc1C. The maximum atomic E-state index is 11.9. The zero-order valence-electron chi connectivity index (χ0n) is 12.8. The molecule has 0 bridgehead atoms. The Kier molecular flexibility index (Phi) is 5.74. The number of anilines is 2. The molecule has 0 fully saturated rings. The van der Waals surface area contributed by atoms with E-state index >= 15 is 0 Å². The number of amides is 1. The molecule has 6 nitrogen and oxygen atoms in total. The summed E-state index contributed by atoms with van der Waals surface area (Å²) in [7, 11) is -3.31. The molecule has 0 radical (unpaired) electrons. The number of hydrogen-bond acceptors (Lipinski definition) is 4. The van der Waals surface area contributed by atoms with Gasteiger partial charge in [-0.1, -0.05) is 13.8 Å². The van der Waals surface area contributed by atoms with Crippen molar-refractivity contribution in [3.8, 4) is 0 Å². The van der Waals surface area contributed by atoms with E-state index in [-0.39, 0.29) is 17.6 Å². The molecular formula is C14H23N3O3S. The second kappa shape index (κ2) is 6.91. The largest absolute Gasteiger partial charge is 0.325 e. The van der Waals surface area contributed by atoms with Crippen molar-refractivity contribution in [1.82, 2.24) is 0 Å². The Balaban J connectivity index is 2.86. The predicted octanol–water partition coefficient (Wildman–Crippen LogP) is 1.68. The number of rotatable bonds is 6. The van der Waals surface area contributed by atoms with E-state index < -0.39 is 16.1 Å². The molecule has 0 aromatic heterocycles. The minimum atomic E-state index is -3.31. The Hall–Kier alpha value is -1.60. The quantitative estimate of drug-likeness (QED) is 0.743. The first kappa shape index (κ1) is 17.5. The third kappa shape index (κ3) is 5.02. The number of aryl methyl sites for hydroxylation is 1. The van der Waals surface area contributed by atoms with Crippen molar-refractivity contribution in [3.63, 3.8) is 0 Å². The number of nitrogens with two attached hydrogens (primary N) is 1. The monoisotopic (exact) mass is 313 g/mol. The van der Waals surface area contributed by atoms with E-state index in [4.69, 9.17) is 5.73 Å². The molecule has 0 aliphatic heterocycles. The van der Waals surface area contributed by atoms with Gasteiger partial charge >= 0.3 is 0 Å². The fourth-order valence-electron chi connectivity index (χ4n) is 1.62. The van der Waals surface area contributed by atoms with Gasteiger partial charge in [0.25, 0.3) is 0 Å². The Morgan fingerprint density at radius 1 is 1.33 bits per heavy atom. The highest BCUT2D eigenvalue weighted by Gasteiger charge is 2.17. The van der Waals surface area contributed by atoms with Gasteiger partial charge in [-0.15, -0.1) is 0 Å². The fraction of sp³-hybridized carbons (Fsp3) is 0.500. The van der Waals surface area contributed by atoms with E-state index in [1.165, 1.54) is 0 Å². The van der Waals surface area contributed by atoms with Crippen LogP contribution in [-0.4, -0.2) is 26.1 Å². The van der Waals surface area contributed by atoms with Gasteiger partial charge in [0.15, 0.2) is 0 Å². The summed E-state index contributed by atoms with van der Waals surface area (Å²) in [5.41, 5.74) is 7.59. The molecule has 0 saturated carbocycles. The van der Waals surface area contributed by atoms with Gasteiger partial charge in [-0.3, -0.25) is 9.52 Å². The van der Waals surface area contributed by atoms with Gasteiger partial charge in [0, 0.05) is 5.69 Å². The summed E-state index contributed by atoms with van der Waals surface area (Å²) in [6, 6.07) is 4.40. The molecule has 0 unspecified atom stereocenters. The van der Waals surface area contributed by atoms with E-state index in [2.05, 4.69) is 10.0 Å². The van der Waals surface area contributed by atoms with Crippen molar-refractivity contribution < 1.29 is 13.2 Å². The molecule has 0 aliphatic carbocycles. The normalized spacial score (nSPS) is 13.0. The molecule has 1 aromatic rings. The Morgan fingerprint density at radius 3 is 2.43 bits per heavy atom. The van der Waals surface area contributed by atoms with Gasteiger partial charge < -0.3 is 11.1 Å². The Bertz CT molecular complexity index is 612. The van der Waals surface area contributed by atoms with Gasteiger partial charge in [-0.25, -0.2) is 8.42 Å². The zero-order valence-corrected chi connectivity index (χ0v) is 13.6. The van der Waals surface area contributed by atoms with Gasteiger partial charge in [0.05, 0.1) is 17.5 Å². The van der Waals surface area contributed by atoms with Crippen molar-refractivity contribution in [2.24, 2.45) is 11.7 Å². The first-order valence-corrected chi connectivity index (χ1v) is 8.49. The molecule has 1 amide bonds. The Morgan fingerprint density at radius 2 is 1.95 bits per heavy atom. The lowest BCUT2D eigenvalue weighted by molar-refractivity contribution is -0.118. The van der Waals surface area contributed by atoms with Crippen LogP contribution in [0.1, 0.15) is 26.3 Å². The fourth-order valence-corrected chi connectivity index (χ4v) is 2.33. The molecule has 0 heterocycles. The smallest absolute Gasteiger partial charge is 0.241 e. The number of carbonyl (C=O) groups excluding carboxylic acids is 1. The van der Waals surface area contributed by atoms with Crippen molar-refractivity contribution in [2.75, 3.05) is 15.8 Å². The second-order valence-corrected chi connectivity index (χ2v) is 7.31. The van der Waals surface area contributed by atoms with Crippen LogP contribution in [0.2, 0.25) is 0 Å². The molecule has 1 rings (SSSR count). The molecule has 1 atom stereocenters. The van der Waals surface area contributed by atoms with Crippen LogP contribution in [0.5, 0.6) is 0 Å². The van der Waals surface area contributed by atoms with Crippen LogP contribution >= 0.6 is 0 Å². The van der Waals surface area contributed by atoms with Crippen molar-refractivity contribution in [2.45, 2.75) is 33.7 Å². The van der Waals surface area contributed by atoms with E-state index in [1.807, 2.05) is 13.8 Å². The average molecular weight is 313 g/mol. The molecule has 0 spiro atoms. The minimum Gasteiger partial charge on any atom is -0.325 e. The third-order valence-corrected chi connectivity index (χ3v) is 4.45. The highest BCUT2D eigenvalue weighted by Crippen LogP contribution is 2.21. The summed E-state index contributed by atoms with van der Waals surface area (Å²) in [6.07, 6.45) is 0. The van der Waals surface area contributed by atoms with Gasteiger partial charge in [0.1, 0.15) is 0 Å². The van der Waals surface area contributed by atoms with Gasteiger partial charge in [-0.05, 0) is 43.5 Å². The van der Waals surface area contributed by atoms with Crippen LogP contribution < -0.4 is 15.8 Å². The van der Waals surface area contributed by atoms with E-state index in [0.717, 1.165) is 5.56 Å². The minimum absolute atomic E-state index is 0.00810. The molecule has 0 aliphatic rings. The van der Waals surface area contributed by atoms with Crippen LogP contribution in [0, 0.1) is 12.8 Å². The number of carbonyl (C=O) groups is 1. The summed E-state index contributed by atoms with van der Waals surface area (Å²) < 4.78 is 25.6. The number of sulfonamides is 1. The first-order chi connectivity index (χ1) is 9.66. The zero-order chi connectivity index (χ0) is 16.2. The van der Waals surface area contributed by atoms with Crippen molar-refractivity contribution >= 4 is 27.3 Å². The lowest BCUT2D eigenvalue weighted by atomic mass is 10.0. The lowest BCUT2D eigenvalue weighted by Crippen LogP contribution is -2.39. The molecular weight excluding hydrogens is 290 g/mol. The maximum absolute atomic E-state index is 11.9. The van der Waals surface area contributed by atoms with E-state index in [1.54, 1.807) is 32.0 Å². The van der Waals surface area contributed by atoms with Gasteiger partial charge in [0.2, 0.25) is 15.9 Å². The van der Waals surface area contributed by atoms with Crippen LogP contribution in [0.3, 0.4) is 0 Å². The van der Waals surface area contributed by atoms with E-state index in [9.17, 15) is 13.2 Å². The Labute approximate surface area is 126 Å². The third-order valence-electron chi connectivity index (χ3n) is 3.16. The van der Waals surface area contributed by atoms with Gasteiger partial charge in [-0.2, -0.15) is 0 Å². The summed E-state index contributed by atoms with van der Waals surface area (Å²) >= 11 is 0. The van der Waals surface area contributed by atoms with Crippen LogP contribution in [0.15, 0.2) is 18.2 Å². The molecule has 4 N–H and O–H groups in total. The van der Waals surface area contributed by atoms with Crippen molar-refractivity contribution in [3.05, 3.63) is 23.8 Å². The predicted molar refractivity (Wildman–Crippen MR) is 85.7 cm³/mol. The average Bonchev–Trinajstić information content (AvgIpc) is 2.40.